The van der Waals surface area contributed by atoms with Crippen LogP contribution in [0.5, 0.6) is 0 Å². The Morgan fingerprint density at radius 3 is 2.39 bits per heavy atom. The molecule has 0 aliphatic rings. The van der Waals surface area contributed by atoms with E-state index in [4.69, 9.17) is 0 Å². The second-order valence-electron chi connectivity index (χ2n) is 6.30. The van der Waals surface area contributed by atoms with Gasteiger partial charge in [0.15, 0.2) is 0 Å². The van der Waals surface area contributed by atoms with E-state index in [0.29, 0.717) is 23.5 Å². The van der Waals surface area contributed by atoms with Crippen LogP contribution in [-0.2, 0) is 12.7 Å². The number of nitrogens with one attached hydrogen (secondary N) is 1. The average Bonchev–Trinajstić information content (AvgIpc) is 3.25. The molecule has 0 aliphatic carbocycles. The highest BCUT2D eigenvalue weighted by Crippen LogP contribution is 2.30. The van der Waals surface area contributed by atoms with Crippen LogP contribution in [0.4, 0.5) is 18.9 Å². The zero-order chi connectivity index (χ0) is 19.7. The number of benzene rings is 2. The van der Waals surface area contributed by atoms with Gasteiger partial charge in [-0.05, 0) is 47.3 Å². The molecule has 0 radical (unpaired) electrons. The second-order valence-corrected chi connectivity index (χ2v) is 7.25. The van der Waals surface area contributed by atoms with Crippen molar-refractivity contribution in [3.05, 3.63) is 88.9 Å². The highest BCUT2D eigenvalue weighted by Gasteiger charge is 2.30. The molecule has 142 valence electrons. The molecule has 0 atom stereocenters. The third kappa shape index (κ3) is 3.66. The maximum atomic E-state index is 12.8. The van der Waals surface area contributed by atoms with Crippen LogP contribution >= 0.6 is 11.3 Å². The van der Waals surface area contributed by atoms with Gasteiger partial charge in [-0.3, -0.25) is 4.79 Å². The first-order chi connectivity index (χ1) is 13.4. The van der Waals surface area contributed by atoms with Gasteiger partial charge in [0.25, 0.3) is 5.91 Å². The van der Waals surface area contributed by atoms with Crippen molar-refractivity contribution >= 4 is 33.1 Å². The fourth-order valence-electron chi connectivity index (χ4n) is 3.03. The summed E-state index contributed by atoms with van der Waals surface area (Å²) in [5, 5.41) is 4.78. The number of hydrogen-bond acceptors (Lipinski definition) is 2. The van der Waals surface area contributed by atoms with Crippen LogP contribution in [0.25, 0.3) is 10.2 Å². The van der Waals surface area contributed by atoms with Crippen molar-refractivity contribution < 1.29 is 18.0 Å². The predicted molar refractivity (Wildman–Crippen MR) is 105 cm³/mol. The van der Waals surface area contributed by atoms with E-state index in [1.165, 1.54) is 23.5 Å². The summed E-state index contributed by atoms with van der Waals surface area (Å²) in [4.78, 5) is 12.8. The number of para-hydroxylation sites is 1. The fourth-order valence-corrected chi connectivity index (χ4v) is 3.86. The van der Waals surface area contributed by atoms with Crippen molar-refractivity contribution in [1.29, 1.82) is 0 Å². The molecule has 0 saturated heterocycles. The smallest absolute Gasteiger partial charge is 0.331 e. The summed E-state index contributed by atoms with van der Waals surface area (Å²) in [6.45, 7) is 0.302. The molecular weight excluding hydrogens is 385 g/mol. The summed E-state index contributed by atoms with van der Waals surface area (Å²) in [5.41, 5.74) is 2.02. The molecule has 0 fully saturated rings. The molecule has 28 heavy (non-hydrogen) atoms. The largest absolute Gasteiger partial charge is 0.416 e. The lowest BCUT2D eigenvalue weighted by molar-refractivity contribution is -0.137. The molecule has 2 aromatic heterocycles. The predicted octanol–water partition coefficient (Wildman–Crippen LogP) is 6.02. The first-order valence-electron chi connectivity index (χ1n) is 8.51. The summed E-state index contributed by atoms with van der Waals surface area (Å²) in [5.74, 6) is -0.262. The van der Waals surface area contributed by atoms with Crippen LogP contribution in [0.1, 0.15) is 21.6 Å². The third-order valence-electron chi connectivity index (χ3n) is 4.41. The molecule has 0 unspecified atom stereocenters. The van der Waals surface area contributed by atoms with Gasteiger partial charge in [0.2, 0.25) is 0 Å². The number of carbonyl (C=O) groups is 1. The minimum absolute atomic E-state index is 0.262. The number of nitrogens with zero attached hydrogens (tertiary/aromatic N) is 1. The minimum Gasteiger partial charge on any atom is -0.331 e. The molecule has 2 aromatic carbocycles. The highest BCUT2D eigenvalue weighted by atomic mass is 32.1. The standard InChI is InChI=1S/C21H15F3N2OS/c22-21(23,24)15-8-6-14(7-9-15)13-26-17-10-11-28-19(17)12-18(26)20(27)25-16-4-2-1-3-5-16/h1-12H,13H2,(H,25,27). The van der Waals surface area contributed by atoms with Gasteiger partial charge >= 0.3 is 6.18 Å². The van der Waals surface area contributed by atoms with Crippen molar-refractivity contribution in [3.63, 3.8) is 0 Å². The van der Waals surface area contributed by atoms with Gasteiger partial charge in [-0.25, -0.2) is 0 Å². The molecule has 2 heterocycles. The quantitative estimate of drug-likeness (QED) is 0.446. The van der Waals surface area contributed by atoms with Gasteiger partial charge in [-0.1, -0.05) is 30.3 Å². The number of amides is 1. The molecule has 0 bridgehead atoms. The Bertz CT molecular complexity index is 1110. The Labute approximate surface area is 163 Å². The first-order valence-corrected chi connectivity index (χ1v) is 9.39. The number of carbonyl (C=O) groups excluding carboxylic acids is 1. The lowest BCUT2D eigenvalue weighted by Gasteiger charge is -2.12. The normalized spacial score (nSPS) is 11.7. The Hall–Kier alpha value is -3.06. The lowest BCUT2D eigenvalue weighted by atomic mass is 10.1. The van der Waals surface area contributed by atoms with E-state index in [1.807, 2.05) is 40.3 Å². The molecule has 7 heteroatoms. The zero-order valence-corrected chi connectivity index (χ0v) is 15.3. The van der Waals surface area contributed by atoms with Crippen LogP contribution in [0.15, 0.2) is 72.1 Å². The van der Waals surface area contributed by atoms with Gasteiger partial charge in [0.1, 0.15) is 5.69 Å². The molecule has 4 rings (SSSR count). The van der Waals surface area contributed by atoms with Crippen molar-refractivity contribution in [2.45, 2.75) is 12.7 Å². The number of halogens is 3. The van der Waals surface area contributed by atoms with E-state index in [9.17, 15) is 18.0 Å². The van der Waals surface area contributed by atoms with Gasteiger partial charge < -0.3 is 9.88 Å². The molecule has 3 nitrogen and oxygen atoms in total. The van der Waals surface area contributed by atoms with Gasteiger partial charge in [-0.2, -0.15) is 13.2 Å². The van der Waals surface area contributed by atoms with E-state index in [-0.39, 0.29) is 5.91 Å². The highest BCUT2D eigenvalue weighted by molar-refractivity contribution is 7.17. The van der Waals surface area contributed by atoms with E-state index in [2.05, 4.69) is 5.32 Å². The summed E-state index contributed by atoms with van der Waals surface area (Å²) in [7, 11) is 0. The van der Waals surface area contributed by atoms with Crippen LogP contribution in [-0.4, -0.2) is 10.5 Å². The van der Waals surface area contributed by atoms with E-state index >= 15 is 0 Å². The minimum atomic E-state index is -4.37. The summed E-state index contributed by atoms with van der Waals surface area (Å²) in [6, 6.07) is 17.8. The Kier molecular flexibility index (Phi) is 4.68. The molecule has 4 aromatic rings. The number of hydrogen-bond donors (Lipinski definition) is 1. The summed E-state index contributed by atoms with van der Waals surface area (Å²) >= 11 is 1.51. The van der Waals surface area contributed by atoms with Gasteiger partial charge in [0.05, 0.1) is 15.8 Å². The van der Waals surface area contributed by atoms with Crippen LogP contribution in [0.2, 0.25) is 0 Å². The number of rotatable bonds is 4. The maximum absolute atomic E-state index is 12.8. The molecule has 1 amide bonds. The van der Waals surface area contributed by atoms with Crippen molar-refractivity contribution in [2.75, 3.05) is 5.32 Å². The van der Waals surface area contributed by atoms with E-state index in [1.54, 1.807) is 12.1 Å². The SMILES string of the molecule is O=C(Nc1ccccc1)c1cc2sccc2n1Cc1ccc(C(F)(F)F)cc1. The van der Waals surface area contributed by atoms with Gasteiger partial charge in [-0.15, -0.1) is 11.3 Å². The van der Waals surface area contributed by atoms with Crippen LogP contribution in [0, 0.1) is 0 Å². The Balaban J connectivity index is 1.65. The summed E-state index contributed by atoms with van der Waals surface area (Å²) < 4.78 is 41.1. The Morgan fingerprint density at radius 2 is 1.71 bits per heavy atom. The lowest BCUT2D eigenvalue weighted by Crippen LogP contribution is -2.17. The van der Waals surface area contributed by atoms with Crippen molar-refractivity contribution in [3.8, 4) is 0 Å². The number of alkyl halides is 3. The topological polar surface area (TPSA) is 34.0 Å². The van der Waals surface area contributed by atoms with E-state index < -0.39 is 11.7 Å². The maximum Gasteiger partial charge on any atom is 0.416 e. The van der Waals surface area contributed by atoms with E-state index in [0.717, 1.165) is 22.3 Å². The summed E-state index contributed by atoms with van der Waals surface area (Å²) in [6.07, 6.45) is -4.37. The van der Waals surface area contributed by atoms with Crippen LogP contribution in [0.3, 0.4) is 0 Å². The third-order valence-corrected chi connectivity index (χ3v) is 5.26. The monoisotopic (exact) mass is 400 g/mol. The molecule has 0 spiro atoms. The molecule has 0 aliphatic heterocycles. The van der Waals surface area contributed by atoms with Crippen molar-refractivity contribution in [1.82, 2.24) is 4.57 Å². The average molecular weight is 400 g/mol. The number of aromatic nitrogens is 1. The number of fused-ring (bicyclic) bond motifs is 1. The number of anilines is 1. The number of thiophene rings is 1. The first kappa shape index (κ1) is 18.3. The second kappa shape index (κ2) is 7.16. The fraction of sp³-hybridized carbons (Fsp3) is 0.0952. The van der Waals surface area contributed by atoms with Crippen LogP contribution < -0.4 is 5.32 Å². The molecule has 1 N–H and O–H groups in total. The van der Waals surface area contributed by atoms with Crippen molar-refractivity contribution in [2.24, 2.45) is 0 Å². The molecular formula is C21H15F3N2OS. The Morgan fingerprint density at radius 1 is 1.00 bits per heavy atom. The zero-order valence-electron chi connectivity index (χ0n) is 14.5. The van der Waals surface area contributed by atoms with Gasteiger partial charge in [0, 0.05) is 12.2 Å². The molecule has 0 saturated carbocycles.